The lowest BCUT2D eigenvalue weighted by Crippen LogP contribution is -2.52. The van der Waals surface area contributed by atoms with Crippen LogP contribution in [0.4, 0.5) is 0 Å². The van der Waals surface area contributed by atoms with E-state index < -0.39 is 0 Å². The monoisotopic (exact) mass is 289 g/mol. The third-order valence-electron chi connectivity index (χ3n) is 4.65. The van der Waals surface area contributed by atoms with Gasteiger partial charge in [0, 0.05) is 38.3 Å². The first-order valence-electron chi connectivity index (χ1n) is 8.32. The van der Waals surface area contributed by atoms with Gasteiger partial charge in [-0.3, -0.25) is 4.90 Å². The summed E-state index contributed by atoms with van der Waals surface area (Å²) in [7, 11) is 4.29. The highest BCUT2D eigenvalue weighted by Crippen LogP contribution is 2.18. The minimum atomic E-state index is 0.423. The Morgan fingerprint density at radius 1 is 1.24 bits per heavy atom. The van der Waals surface area contributed by atoms with Crippen molar-refractivity contribution in [3.63, 3.8) is 0 Å². The van der Waals surface area contributed by atoms with Crippen LogP contribution < -0.4 is 5.32 Å². The second-order valence-corrected chi connectivity index (χ2v) is 6.44. The first kappa shape index (κ1) is 16.5. The number of nitrogens with zero attached hydrogens (tertiary/aromatic N) is 2. The van der Waals surface area contributed by atoms with Gasteiger partial charge in [0.05, 0.1) is 0 Å². The Kier molecular flexibility index (Phi) is 6.22. The van der Waals surface area contributed by atoms with E-state index in [1.54, 1.807) is 0 Å². The van der Waals surface area contributed by atoms with E-state index in [4.69, 9.17) is 0 Å². The molecule has 21 heavy (non-hydrogen) atoms. The van der Waals surface area contributed by atoms with E-state index in [1.165, 1.54) is 43.6 Å². The molecule has 1 fully saturated rings. The van der Waals surface area contributed by atoms with Crippen LogP contribution in [0.5, 0.6) is 0 Å². The van der Waals surface area contributed by atoms with E-state index in [-0.39, 0.29) is 0 Å². The molecule has 0 bridgehead atoms. The summed E-state index contributed by atoms with van der Waals surface area (Å²) in [5.41, 5.74) is 2.85. The van der Waals surface area contributed by atoms with E-state index in [9.17, 15) is 0 Å². The molecule has 0 radical (unpaired) electrons. The molecular formula is C18H31N3. The number of nitrogens with one attached hydrogen (secondary N) is 1. The van der Waals surface area contributed by atoms with Crippen molar-refractivity contribution < 1.29 is 0 Å². The van der Waals surface area contributed by atoms with Crippen molar-refractivity contribution in [1.82, 2.24) is 15.1 Å². The largest absolute Gasteiger partial charge is 0.312 e. The highest BCUT2D eigenvalue weighted by atomic mass is 15.3. The molecule has 1 aromatic rings. The molecule has 3 nitrogen and oxygen atoms in total. The van der Waals surface area contributed by atoms with E-state index in [1.807, 2.05) is 0 Å². The molecule has 1 aliphatic rings. The molecule has 1 saturated heterocycles. The van der Waals surface area contributed by atoms with Crippen LogP contribution in [0.3, 0.4) is 0 Å². The maximum absolute atomic E-state index is 3.49. The number of hydrogen-bond acceptors (Lipinski definition) is 3. The second-order valence-electron chi connectivity index (χ2n) is 6.44. The molecule has 0 aromatic heterocycles. The van der Waals surface area contributed by atoms with E-state index >= 15 is 0 Å². The molecule has 1 aromatic carbocycles. The van der Waals surface area contributed by atoms with Crippen molar-refractivity contribution in [2.45, 2.75) is 38.8 Å². The van der Waals surface area contributed by atoms with Gasteiger partial charge < -0.3 is 10.2 Å². The molecule has 118 valence electrons. The molecule has 1 aliphatic heterocycles. The van der Waals surface area contributed by atoms with Crippen molar-refractivity contribution in [3.05, 3.63) is 35.4 Å². The van der Waals surface area contributed by atoms with E-state index in [0.29, 0.717) is 12.1 Å². The summed E-state index contributed by atoms with van der Waals surface area (Å²) >= 11 is 0. The fourth-order valence-corrected chi connectivity index (χ4v) is 3.25. The number of likely N-dealkylation sites (N-methyl/N-ethyl adjacent to an activating group) is 2. The minimum Gasteiger partial charge on any atom is -0.312 e. The summed E-state index contributed by atoms with van der Waals surface area (Å²) < 4.78 is 0. The Labute approximate surface area is 130 Å². The quantitative estimate of drug-likeness (QED) is 0.868. The molecule has 3 heteroatoms. The molecule has 0 spiro atoms. The summed E-state index contributed by atoms with van der Waals surface area (Å²) in [5, 5.41) is 3.49. The summed E-state index contributed by atoms with van der Waals surface area (Å²) in [5.74, 6) is 0. The maximum atomic E-state index is 3.49. The zero-order valence-corrected chi connectivity index (χ0v) is 14.1. The first-order valence-corrected chi connectivity index (χ1v) is 8.32. The van der Waals surface area contributed by atoms with Gasteiger partial charge in [0.2, 0.25) is 0 Å². The van der Waals surface area contributed by atoms with Crippen LogP contribution in [-0.4, -0.2) is 56.1 Å². The lowest BCUT2D eigenvalue weighted by atomic mass is 10.0. The van der Waals surface area contributed by atoms with Crippen molar-refractivity contribution in [2.75, 3.05) is 40.3 Å². The fraction of sp³-hybridized carbons (Fsp3) is 0.667. The Bertz CT molecular complexity index is 415. The van der Waals surface area contributed by atoms with Gasteiger partial charge in [0.25, 0.3) is 0 Å². The number of benzene rings is 1. The van der Waals surface area contributed by atoms with Crippen LogP contribution in [0.1, 0.15) is 37.4 Å². The Morgan fingerprint density at radius 3 is 2.52 bits per heavy atom. The maximum Gasteiger partial charge on any atom is 0.0447 e. The molecule has 2 atom stereocenters. The molecule has 2 unspecified atom stereocenters. The zero-order valence-electron chi connectivity index (χ0n) is 14.1. The van der Waals surface area contributed by atoms with Gasteiger partial charge in [-0.1, -0.05) is 37.6 Å². The van der Waals surface area contributed by atoms with Crippen LogP contribution in [0, 0.1) is 0 Å². The van der Waals surface area contributed by atoms with Crippen molar-refractivity contribution in [2.24, 2.45) is 0 Å². The van der Waals surface area contributed by atoms with Gasteiger partial charge in [-0.15, -0.1) is 0 Å². The molecule has 1 N–H and O–H groups in total. The molecule has 1 heterocycles. The normalized spacial score (nSPS) is 22.4. The lowest BCUT2D eigenvalue weighted by molar-refractivity contribution is 0.0913. The third-order valence-corrected chi connectivity index (χ3v) is 4.65. The fourth-order valence-electron chi connectivity index (χ4n) is 3.25. The average Bonchev–Trinajstić information content (AvgIpc) is 2.48. The van der Waals surface area contributed by atoms with Crippen LogP contribution in [0.15, 0.2) is 24.3 Å². The van der Waals surface area contributed by atoms with Crippen molar-refractivity contribution in [3.8, 4) is 0 Å². The smallest absolute Gasteiger partial charge is 0.0447 e. The van der Waals surface area contributed by atoms with Gasteiger partial charge in [-0.2, -0.15) is 0 Å². The predicted molar refractivity (Wildman–Crippen MR) is 90.8 cm³/mol. The lowest BCUT2D eigenvalue weighted by Gasteiger charge is -2.40. The Hall–Kier alpha value is -0.900. The van der Waals surface area contributed by atoms with Crippen molar-refractivity contribution in [1.29, 1.82) is 0 Å². The van der Waals surface area contributed by atoms with Gasteiger partial charge >= 0.3 is 0 Å². The minimum absolute atomic E-state index is 0.423. The number of hydrogen-bond donors (Lipinski definition) is 1. The molecule has 0 amide bonds. The third kappa shape index (κ3) is 4.53. The summed E-state index contributed by atoms with van der Waals surface area (Å²) in [6.45, 7) is 9.19. The van der Waals surface area contributed by atoms with Crippen LogP contribution in [-0.2, 0) is 6.42 Å². The van der Waals surface area contributed by atoms with Gasteiger partial charge in [0.15, 0.2) is 0 Å². The molecule has 0 saturated carbocycles. The number of aryl methyl sites for hydroxylation is 1. The Morgan fingerprint density at radius 2 is 1.95 bits per heavy atom. The summed E-state index contributed by atoms with van der Waals surface area (Å²) in [6, 6.07) is 10.2. The van der Waals surface area contributed by atoms with Gasteiger partial charge in [-0.25, -0.2) is 0 Å². The Balaban J connectivity index is 1.98. The van der Waals surface area contributed by atoms with Crippen LogP contribution in [0.25, 0.3) is 0 Å². The first-order chi connectivity index (χ1) is 10.1. The van der Waals surface area contributed by atoms with E-state index in [0.717, 1.165) is 6.54 Å². The van der Waals surface area contributed by atoms with E-state index in [2.05, 4.69) is 67.3 Å². The topological polar surface area (TPSA) is 18.5 Å². The highest BCUT2D eigenvalue weighted by molar-refractivity contribution is 5.25. The zero-order chi connectivity index (χ0) is 15.2. The average molecular weight is 289 g/mol. The highest BCUT2D eigenvalue weighted by Gasteiger charge is 2.24. The molecular weight excluding hydrogens is 258 g/mol. The van der Waals surface area contributed by atoms with Crippen LogP contribution in [0.2, 0.25) is 0 Å². The predicted octanol–water partition coefficient (Wildman–Crippen LogP) is 2.54. The SMILES string of the molecule is CCCc1ccc(C(CN2CCN(C)CC2C)NC)cc1. The van der Waals surface area contributed by atoms with Gasteiger partial charge in [-0.05, 0) is 38.6 Å². The van der Waals surface area contributed by atoms with Gasteiger partial charge in [0.1, 0.15) is 0 Å². The summed E-state index contributed by atoms with van der Waals surface area (Å²) in [6.07, 6.45) is 2.40. The molecule has 0 aliphatic carbocycles. The number of rotatable bonds is 6. The number of piperazine rings is 1. The van der Waals surface area contributed by atoms with Crippen molar-refractivity contribution >= 4 is 0 Å². The summed E-state index contributed by atoms with van der Waals surface area (Å²) in [4.78, 5) is 5.04. The molecule has 2 rings (SSSR count). The second kappa shape index (κ2) is 7.92. The standard InChI is InChI=1S/C18H31N3/c1-5-6-16-7-9-17(10-8-16)18(19-3)14-21-12-11-20(4)13-15(21)2/h7-10,15,18-19H,5-6,11-14H2,1-4H3. The van der Waals surface area contributed by atoms with Crippen LogP contribution >= 0.6 is 0 Å².